The number of rotatable bonds is 2. The fourth-order valence-corrected chi connectivity index (χ4v) is 3.87. The smallest absolute Gasteiger partial charge is 0.224 e. The lowest BCUT2D eigenvalue weighted by Gasteiger charge is -2.33. The summed E-state index contributed by atoms with van der Waals surface area (Å²) in [6.07, 6.45) is 5.07. The van der Waals surface area contributed by atoms with Crippen molar-refractivity contribution in [3.63, 3.8) is 0 Å². The van der Waals surface area contributed by atoms with Crippen LogP contribution in [-0.2, 0) is 4.79 Å². The Morgan fingerprint density at radius 2 is 2.05 bits per heavy atom. The van der Waals surface area contributed by atoms with Gasteiger partial charge in [0.2, 0.25) is 5.91 Å². The molecule has 3 rings (SSSR count). The van der Waals surface area contributed by atoms with Crippen molar-refractivity contribution in [3.8, 4) is 0 Å². The molecule has 0 aromatic rings. The van der Waals surface area contributed by atoms with Crippen molar-refractivity contribution in [2.75, 3.05) is 26.2 Å². The quantitative estimate of drug-likeness (QED) is 0.797. The molecule has 3 fully saturated rings. The van der Waals surface area contributed by atoms with Crippen LogP contribution in [0.1, 0.15) is 32.6 Å². The number of hydrogen-bond donors (Lipinski definition) is 2. The first kappa shape index (κ1) is 15.1. The van der Waals surface area contributed by atoms with E-state index in [-0.39, 0.29) is 24.2 Å². The summed E-state index contributed by atoms with van der Waals surface area (Å²) in [6.45, 7) is 6.42. The van der Waals surface area contributed by atoms with Gasteiger partial charge < -0.3 is 10.6 Å². The molecule has 2 unspecified atom stereocenters. The van der Waals surface area contributed by atoms with Crippen molar-refractivity contribution < 1.29 is 4.79 Å². The Balaban J connectivity index is 0.00000133. The number of carbonyl (C=O) groups is 1. The monoisotopic (exact) mass is 287 g/mol. The molecule has 0 saturated carbocycles. The molecule has 3 heterocycles. The van der Waals surface area contributed by atoms with Gasteiger partial charge in [-0.15, -0.1) is 12.4 Å². The third-order valence-electron chi connectivity index (χ3n) is 5.04. The molecule has 1 amide bonds. The largest absolute Gasteiger partial charge is 0.351 e. The number of carbonyl (C=O) groups excluding carboxylic acids is 1. The zero-order valence-electron chi connectivity index (χ0n) is 11.7. The van der Waals surface area contributed by atoms with Gasteiger partial charge in [-0.25, -0.2) is 0 Å². The zero-order valence-corrected chi connectivity index (χ0v) is 12.5. The van der Waals surface area contributed by atoms with Gasteiger partial charge in [0, 0.05) is 25.2 Å². The Hall–Kier alpha value is -0.320. The summed E-state index contributed by atoms with van der Waals surface area (Å²) in [7, 11) is 0. The molecule has 0 aliphatic carbocycles. The molecule has 4 nitrogen and oxygen atoms in total. The van der Waals surface area contributed by atoms with Crippen molar-refractivity contribution in [1.82, 2.24) is 15.5 Å². The molecule has 0 aromatic carbocycles. The van der Waals surface area contributed by atoms with E-state index in [2.05, 4.69) is 22.5 Å². The molecule has 3 aliphatic rings. The maximum Gasteiger partial charge on any atom is 0.224 e. The van der Waals surface area contributed by atoms with E-state index in [0.717, 1.165) is 19.5 Å². The van der Waals surface area contributed by atoms with Gasteiger partial charge in [0.25, 0.3) is 0 Å². The second-order valence-electron chi connectivity index (χ2n) is 6.24. The average Bonchev–Trinajstić information content (AvgIpc) is 2.97. The minimum atomic E-state index is 0. The van der Waals surface area contributed by atoms with Crippen LogP contribution < -0.4 is 10.6 Å². The molecule has 2 N–H and O–H groups in total. The number of halogens is 1. The van der Waals surface area contributed by atoms with Crippen molar-refractivity contribution in [2.45, 2.75) is 44.7 Å². The van der Waals surface area contributed by atoms with Crippen molar-refractivity contribution in [2.24, 2.45) is 11.8 Å². The van der Waals surface area contributed by atoms with E-state index >= 15 is 0 Å². The minimum absolute atomic E-state index is 0. The summed E-state index contributed by atoms with van der Waals surface area (Å²) in [4.78, 5) is 14.9. The van der Waals surface area contributed by atoms with Crippen LogP contribution in [0.15, 0.2) is 0 Å². The first-order valence-corrected chi connectivity index (χ1v) is 7.51. The number of fused-ring (bicyclic) bond motifs is 1. The van der Waals surface area contributed by atoms with E-state index in [1.807, 2.05) is 0 Å². The lowest BCUT2D eigenvalue weighted by atomic mass is 9.95. The first-order chi connectivity index (χ1) is 8.75. The maximum atomic E-state index is 12.3. The maximum absolute atomic E-state index is 12.3. The second kappa shape index (κ2) is 6.42. The third-order valence-corrected chi connectivity index (χ3v) is 5.04. The van der Waals surface area contributed by atoms with Crippen LogP contribution in [-0.4, -0.2) is 49.1 Å². The topological polar surface area (TPSA) is 44.4 Å². The SMILES string of the molecule is C[C@@H]1CNC[C@H]1C(=O)NC1CCN2CCCCC12.Cl. The molecular formula is C14H26ClN3O. The fourth-order valence-electron chi connectivity index (χ4n) is 3.87. The normalized spacial score (nSPS) is 38.6. The second-order valence-corrected chi connectivity index (χ2v) is 6.24. The van der Waals surface area contributed by atoms with E-state index in [0.29, 0.717) is 18.0 Å². The summed E-state index contributed by atoms with van der Waals surface area (Å²) < 4.78 is 0. The molecule has 5 heteroatoms. The summed E-state index contributed by atoms with van der Waals surface area (Å²) >= 11 is 0. The molecule has 19 heavy (non-hydrogen) atoms. The van der Waals surface area contributed by atoms with E-state index in [9.17, 15) is 4.79 Å². The van der Waals surface area contributed by atoms with Crippen LogP contribution in [0.5, 0.6) is 0 Å². The first-order valence-electron chi connectivity index (χ1n) is 7.51. The summed E-state index contributed by atoms with van der Waals surface area (Å²) in [5.74, 6) is 0.946. The Kier molecular flexibility index (Phi) is 5.09. The van der Waals surface area contributed by atoms with Gasteiger partial charge >= 0.3 is 0 Å². The van der Waals surface area contributed by atoms with Crippen molar-refractivity contribution in [3.05, 3.63) is 0 Å². The zero-order chi connectivity index (χ0) is 12.5. The van der Waals surface area contributed by atoms with Gasteiger partial charge in [-0.2, -0.15) is 0 Å². The molecule has 110 valence electrons. The van der Waals surface area contributed by atoms with E-state index in [1.165, 1.54) is 32.4 Å². The molecule has 0 aromatic heterocycles. The molecule has 3 saturated heterocycles. The molecular weight excluding hydrogens is 262 g/mol. The lowest BCUT2D eigenvalue weighted by molar-refractivity contribution is -0.126. The van der Waals surface area contributed by atoms with Crippen molar-refractivity contribution in [1.29, 1.82) is 0 Å². The van der Waals surface area contributed by atoms with Crippen LogP contribution in [0.3, 0.4) is 0 Å². The molecule has 0 spiro atoms. The highest BCUT2D eigenvalue weighted by atomic mass is 35.5. The molecule has 4 atom stereocenters. The summed E-state index contributed by atoms with van der Waals surface area (Å²) in [5, 5.41) is 6.64. The summed E-state index contributed by atoms with van der Waals surface area (Å²) in [6, 6.07) is 1.03. The lowest BCUT2D eigenvalue weighted by Crippen LogP contribution is -2.49. The van der Waals surface area contributed by atoms with Gasteiger partial charge in [0.05, 0.1) is 5.92 Å². The predicted molar refractivity (Wildman–Crippen MR) is 78.5 cm³/mol. The van der Waals surface area contributed by atoms with Crippen LogP contribution in [0.4, 0.5) is 0 Å². The highest BCUT2D eigenvalue weighted by Crippen LogP contribution is 2.27. The summed E-state index contributed by atoms with van der Waals surface area (Å²) in [5.41, 5.74) is 0. The number of nitrogens with zero attached hydrogens (tertiary/aromatic N) is 1. The van der Waals surface area contributed by atoms with Gasteiger partial charge in [0.15, 0.2) is 0 Å². The van der Waals surface area contributed by atoms with Crippen LogP contribution in [0.25, 0.3) is 0 Å². The number of nitrogens with one attached hydrogen (secondary N) is 2. The van der Waals surface area contributed by atoms with E-state index in [4.69, 9.17) is 0 Å². The van der Waals surface area contributed by atoms with E-state index in [1.54, 1.807) is 0 Å². The average molecular weight is 288 g/mol. The Morgan fingerprint density at radius 1 is 1.21 bits per heavy atom. The fraction of sp³-hybridized carbons (Fsp3) is 0.929. The number of amides is 1. The Morgan fingerprint density at radius 3 is 2.79 bits per heavy atom. The molecule has 0 radical (unpaired) electrons. The predicted octanol–water partition coefficient (Wildman–Crippen LogP) is 1.01. The highest BCUT2D eigenvalue weighted by molar-refractivity contribution is 5.85. The van der Waals surface area contributed by atoms with E-state index < -0.39 is 0 Å². The number of piperidine rings is 1. The van der Waals surface area contributed by atoms with Crippen LogP contribution >= 0.6 is 12.4 Å². The minimum Gasteiger partial charge on any atom is -0.351 e. The highest BCUT2D eigenvalue weighted by Gasteiger charge is 2.38. The van der Waals surface area contributed by atoms with Gasteiger partial charge in [-0.1, -0.05) is 13.3 Å². The van der Waals surface area contributed by atoms with Gasteiger partial charge in [0.1, 0.15) is 0 Å². The molecule has 3 aliphatic heterocycles. The Labute approximate surface area is 122 Å². The molecule has 0 bridgehead atoms. The van der Waals surface area contributed by atoms with Crippen LogP contribution in [0, 0.1) is 11.8 Å². The standard InChI is InChI=1S/C14H25N3O.ClH/c1-10-8-15-9-11(10)14(18)16-12-5-7-17-6-3-2-4-13(12)17;/h10-13,15H,2-9H2,1H3,(H,16,18);1H/t10-,11-,12?,13?;/m1./s1. The van der Waals surface area contributed by atoms with Gasteiger partial charge in [-0.05, 0) is 38.3 Å². The van der Waals surface area contributed by atoms with Crippen LogP contribution in [0.2, 0.25) is 0 Å². The van der Waals surface area contributed by atoms with Gasteiger partial charge in [-0.3, -0.25) is 9.69 Å². The third kappa shape index (κ3) is 3.06. The Bertz CT molecular complexity index is 326. The number of hydrogen-bond acceptors (Lipinski definition) is 3. The van der Waals surface area contributed by atoms with Crippen molar-refractivity contribution >= 4 is 18.3 Å².